The van der Waals surface area contributed by atoms with Gasteiger partial charge in [0.25, 0.3) is 5.91 Å². The number of rotatable bonds is 7. The average molecular weight is 359 g/mol. The third-order valence-corrected chi connectivity index (χ3v) is 4.40. The molecule has 1 N–H and O–H groups in total. The minimum atomic E-state index is -0.874. The third kappa shape index (κ3) is 5.26. The van der Waals surface area contributed by atoms with E-state index in [1.165, 1.54) is 11.8 Å². The van der Waals surface area contributed by atoms with Crippen molar-refractivity contribution in [3.05, 3.63) is 59.7 Å². The second-order valence-electron chi connectivity index (χ2n) is 5.31. The van der Waals surface area contributed by atoms with Crippen molar-refractivity contribution in [3.63, 3.8) is 0 Å². The van der Waals surface area contributed by atoms with Gasteiger partial charge in [0.1, 0.15) is 5.75 Å². The van der Waals surface area contributed by atoms with E-state index in [4.69, 9.17) is 9.47 Å². The van der Waals surface area contributed by atoms with Gasteiger partial charge < -0.3 is 14.8 Å². The molecule has 0 saturated carbocycles. The standard InChI is InChI=1S/C19H21NO4S/c1-13(24-19(22)16-6-4-5-7-17(16)25-3)18(21)20-12-14-8-10-15(23-2)11-9-14/h4-11,13H,12H2,1-3H3,(H,20,21)/t13-/m1/s1. The molecule has 0 bridgehead atoms. The number of carbonyl (C=O) groups excluding carboxylic acids is 2. The SMILES string of the molecule is COc1ccc(CNC(=O)[C@@H](C)OC(=O)c2ccccc2SC)cc1. The molecule has 0 aliphatic carbocycles. The molecule has 1 atom stereocenters. The minimum absolute atomic E-state index is 0.342. The van der Waals surface area contributed by atoms with Gasteiger partial charge in [-0.25, -0.2) is 4.79 Å². The van der Waals surface area contributed by atoms with Crippen LogP contribution in [0.15, 0.2) is 53.4 Å². The van der Waals surface area contributed by atoms with Gasteiger partial charge in [-0.15, -0.1) is 11.8 Å². The van der Waals surface area contributed by atoms with Gasteiger partial charge in [-0.1, -0.05) is 24.3 Å². The number of ether oxygens (including phenoxy) is 2. The van der Waals surface area contributed by atoms with Crippen molar-refractivity contribution in [2.24, 2.45) is 0 Å². The van der Waals surface area contributed by atoms with E-state index < -0.39 is 12.1 Å². The molecule has 1 amide bonds. The summed E-state index contributed by atoms with van der Waals surface area (Å²) in [6, 6.07) is 14.5. The van der Waals surface area contributed by atoms with Crippen molar-refractivity contribution in [3.8, 4) is 5.75 Å². The summed E-state index contributed by atoms with van der Waals surface area (Å²) in [5.41, 5.74) is 1.39. The van der Waals surface area contributed by atoms with E-state index in [1.807, 2.05) is 42.7 Å². The van der Waals surface area contributed by atoms with Crippen molar-refractivity contribution in [2.75, 3.05) is 13.4 Å². The van der Waals surface area contributed by atoms with Crippen LogP contribution in [0.25, 0.3) is 0 Å². The van der Waals surface area contributed by atoms with E-state index >= 15 is 0 Å². The first kappa shape index (κ1) is 18.9. The highest BCUT2D eigenvalue weighted by Crippen LogP contribution is 2.21. The fraction of sp³-hybridized carbons (Fsp3) is 0.263. The maximum atomic E-state index is 12.3. The largest absolute Gasteiger partial charge is 0.497 e. The molecule has 2 aromatic rings. The molecule has 0 radical (unpaired) electrons. The van der Waals surface area contributed by atoms with Crippen LogP contribution in [0.5, 0.6) is 5.75 Å². The summed E-state index contributed by atoms with van der Waals surface area (Å²) >= 11 is 1.46. The van der Waals surface area contributed by atoms with Crippen LogP contribution in [0.4, 0.5) is 0 Å². The van der Waals surface area contributed by atoms with Crippen molar-refractivity contribution in [1.29, 1.82) is 0 Å². The Hall–Kier alpha value is -2.47. The molecule has 25 heavy (non-hydrogen) atoms. The minimum Gasteiger partial charge on any atom is -0.497 e. The fourth-order valence-electron chi connectivity index (χ4n) is 2.17. The second-order valence-corrected chi connectivity index (χ2v) is 6.16. The molecule has 0 aliphatic rings. The van der Waals surface area contributed by atoms with Crippen LogP contribution < -0.4 is 10.1 Å². The molecule has 0 unspecified atom stereocenters. The number of thioether (sulfide) groups is 1. The van der Waals surface area contributed by atoms with Gasteiger partial charge in [-0.2, -0.15) is 0 Å². The van der Waals surface area contributed by atoms with Crippen LogP contribution in [-0.2, 0) is 16.1 Å². The second kappa shape index (κ2) is 9.13. The first-order chi connectivity index (χ1) is 12.0. The number of esters is 1. The Kier molecular flexibility index (Phi) is 6.89. The van der Waals surface area contributed by atoms with Crippen molar-refractivity contribution >= 4 is 23.6 Å². The zero-order valence-electron chi connectivity index (χ0n) is 14.4. The molecule has 0 saturated heterocycles. The number of methoxy groups -OCH3 is 1. The molecule has 6 heteroatoms. The Morgan fingerprint density at radius 3 is 2.44 bits per heavy atom. The Balaban J connectivity index is 1.89. The molecular formula is C19H21NO4S. The maximum absolute atomic E-state index is 12.3. The Labute approximate surface area is 151 Å². The van der Waals surface area contributed by atoms with Crippen LogP contribution in [0.1, 0.15) is 22.8 Å². The van der Waals surface area contributed by atoms with E-state index in [9.17, 15) is 9.59 Å². The smallest absolute Gasteiger partial charge is 0.340 e. The molecule has 132 valence electrons. The summed E-state index contributed by atoms with van der Waals surface area (Å²) in [5.74, 6) is -0.0901. The van der Waals surface area contributed by atoms with E-state index in [-0.39, 0.29) is 5.91 Å². The molecule has 2 aromatic carbocycles. The highest BCUT2D eigenvalue weighted by Gasteiger charge is 2.20. The molecule has 5 nitrogen and oxygen atoms in total. The predicted molar refractivity (Wildman–Crippen MR) is 97.9 cm³/mol. The summed E-state index contributed by atoms with van der Waals surface area (Å²) in [4.78, 5) is 25.2. The number of hydrogen-bond acceptors (Lipinski definition) is 5. The number of benzene rings is 2. The maximum Gasteiger partial charge on any atom is 0.340 e. The summed E-state index contributed by atoms with van der Waals surface area (Å²) in [5, 5.41) is 2.76. The monoisotopic (exact) mass is 359 g/mol. The molecule has 0 aliphatic heterocycles. The van der Waals surface area contributed by atoms with Crippen LogP contribution >= 0.6 is 11.8 Å². The third-order valence-electron chi connectivity index (χ3n) is 3.61. The molecule has 0 aromatic heterocycles. The van der Waals surface area contributed by atoms with Gasteiger partial charge in [0.2, 0.25) is 0 Å². The molecule has 0 heterocycles. The quantitative estimate of drug-likeness (QED) is 0.607. The highest BCUT2D eigenvalue weighted by atomic mass is 32.2. The lowest BCUT2D eigenvalue weighted by Gasteiger charge is -2.14. The summed E-state index contributed by atoms with van der Waals surface area (Å²) in [6.07, 6.45) is 1.01. The first-order valence-electron chi connectivity index (χ1n) is 7.79. The Bertz CT molecular complexity index is 730. The summed E-state index contributed by atoms with van der Waals surface area (Å²) in [7, 11) is 1.60. The number of nitrogens with one attached hydrogen (secondary N) is 1. The summed E-state index contributed by atoms with van der Waals surface area (Å²) in [6.45, 7) is 1.91. The van der Waals surface area contributed by atoms with Crippen molar-refractivity contribution < 1.29 is 19.1 Å². The first-order valence-corrected chi connectivity index (χ1v) is 9.02. The lowest BCUT2D eigenvalue weighted by Crippen LogP contribution is -2.35. The van der Waals surface area contributed by atoms with Crippen LogP contribution in [-0.4, -0.2) is 31.3 Å². The number of carbonyl (C=O) groups is 2. The number of hydrogen-bond donors (Lipinski definition) is 1. The molecule has 0 fully saturated rings. The van der Waals surface area contributed by atoms with Gasteiger partial charge in [0.05, 0.1) is 12.7 Å². The van der Waals surface area contributed by atoms with Crippen LogP contribution in [0.2, 0.25) is 0 Å². The van der Waals surface area contributed by atoms with E-state index in [0.717, 1.165) is 16.2 Å². The topological polar surface area (TPSA) is 64.6 Å². The van der Waals surface area contributed by atoms with Gasteiger partial charge >= 0.3 is 5.97 Å². The van der Waals surface area contributed by atoms with Crippen molar-refractivity contribution in [2.45, 2.75) is 24.5 Å². The van der Waals surface area contributed by atoms with E-state index in [2.05, 4.69) is 5.32 Å². The average Bonchev–Trinajstić information content (AvgIpc) is 2.66. The predicted octanol–water partition coefficient (Wildman–Crippen LogP) is 3.28. The van der Waals surface area contributed by atoms with Crippen molar-refractivity contribution in [1.82, 2.24) is 5.32 Å². The van der Waals surface area contributed by atoms with Gasteiger partial charge in [-0.05, 0) is 43.0 Å². The van der Waals surface area contributed by atoms with Crippen LogP contribution in [0, 0.1) is 0 Å². The Morgan fingerprint density at radius 1 is 1.12 bits per heavy atom. The Morgan fingerprint density at radius 2 is 1.80 bits per heavy atom. The van der Waals surface area contributed by atoms with Gasteiger partial charge in [0, 0.05) is 11.4 Å². The van der Waals surface area contributed by atoms with E-state index in [0.29, 0.717) is 12.1 Å². The molecular weight excluding hydrogens is 338 g/mol. The molecule has 2 rings (SSSR count). The van der Waals surface area contributed by atoms with Gasteiger partial charge in [-0.3, -0.25) is 4.79 Å². The lowest BCUT2D eigenvalue weighted by atomic mass is 10.2. The zero-order valence-corrected chi connectivity index (χ0v) is 15.3. The molecule has 0 spiro atoms. The van der Waals surface area contributed by atoms with Gasteiger partial charge in [0.15, 0.2) is 6.10 Å². The number of amides is 1. The summed E-state index contributed by atoms with van der Waals surface area (Å²) < 4.78 is 10.4. The highest BCUT2D eigenvalue weighted by molar-refractivity contribution is 7.98. The van der Waals surface area contributed by atoms with E-state index in [1.54, 1.807) is 26.2 Å². The normalized spacial score (nSPS) is 11.5. The zero-order chi connectivity index (χ0) is 18.2. The fourth-order valence-corrected chi connectivity index (χ4v) is 2.75. The van der Waals surface area contributed by atoms with Crippen LogP contribution in [0.3, 0.4) is 0 Å². The lowest BCUT2D eigenvalue weighted by molar-refractivity contribution is -0.129.